The first-order valence-corrected chi connectivity index (χ1v) is 7.69. The number of hydrogen-bond donors (Lipinski definition) is 0. The smallest absolute Gasteiger partial charge is 0.264 e. The van der Waals surface area contributed by atoms with E-state index >= 15 is 0 Å². The molecule has 0 aliphatic carbocycles. The molecule has 0 spiro atoms. The molecule has 0 N–H and O–H groups in total. The Morgan fingerprint density at radius 1 is 1.26 bits per heavy atom. The summed E-state index contributed by atoms with van der Waals surface area (Å²) in [6, 6.07) is 9.44. The Morgan fingerprint density at radius 2 is 1.95 bits per heavy atom. The van der Waals surface area contributed by atoms with Crippen LogP contribution < -0.4 is 0 Å². The van der Waals surface area contributed by atoms with Crippen LogP contribution in [-0.2, 0) is 27.3 Å². The van der Waals surface area contributed by atoms with Crippen molar-refractivity contribution in [2.45, 2.75) is 20.0 Å². The average Bonchev–Trinajstić information content (AvgIpc) is 2.80. The van der Waals surface area contributed by atoms with E-state index in [1.54, 1.807) is 0 Å². The minimum Gasteiger partial charge on any atom is -0.441 e. The first-order valence-electron chi connectivity index (χ1n) is 5.88. The van der Waals surface area contributed by atoms with Gasteiger partial charge in [0.05, 0.1) is 6.26 Å². The summed E-state index contributed by atoms with van der Waals surface area (Å²) in [5, 5.41) is 0. The fraction of sp³-hybridized carbons (Fsp3) is 0.308. The van der Waals surface area contributed by atoms with Gasteiger partial charge in [-0.05, 0) is 12.1 Å². The van der Waals surface area contributed by atoms with E-state index in [1.165, 1.54) is 0 Å². The lowest BCUT2D eigenvalue weighted by atomic mass is 10.2. The number of rotatable bonds is 5. The fourth-order valence-electron chi connectivity index (χ4n) is 1.64. The molecule has 5 nitrogen and oxygen atoms in total. The van der Waals surface area contributed by atoms with Crippen LogP contribution in [0.1, 0.15) is 18.4 Å². The average molecular weight is 281 g/mol. The Balaban J connectivity index is 2.28. The van der Waals surface area contributed by atoms with Crippen LogP contribution >= 0.6 is 0 Å². The predicted molar refractivity (Wildman–Crippen MR) is 70.9 cm³/mol. The van der Waals surface area contributed by atoms with E-state index in [9.17, 15) is 8.42 Å². The summed E-state index contributed by atoms with van der Waals surface area (Å²) in [6.45, 7) is 1.82. The van der Waals surface area contributed by atoms with E-state index < -0.39 is 10.1 Å². The molecule has 19 heavy (non-hydrogen) atoms. The lowest BCUT2D eigenvalue weighted by molar-refractivity contribution is 0.305. The van der Waals surface area contributed by atoms with E-state index in [4.69, 9.17) is 8.60 Å². The topological polar surface area (TPSA) is 69.4 Å². The highest BCUT2D eigenvalue weighted by molar-refractivity contribution is 7.85. The predicted octanol–water partition coefficient (Wildman–Crippen LogP) is 2.38. The quantitative estimate of drug-likeness (QED) is 0.787. The van der Waals surface area contributed by atoms with Crippen molar-refractivity contribution in [3.05, 3.63) is 41.8 Å². The normalized spacial score (nSPS) is 11.7. The first kappa shape index (κ1) is 13.8. The van der Waals surface area contributed by atoms with Gasteiger partial charge in [-0.3, -0.25) is 4.18 Å². The van der Waals surface area contributed by atoms with Crippen molar-refractivity contribution in [3.8, 4) is 11.5 Å². The van der Waals surface area contributed by atoms with Crippen LogP contribution in [-0.4, -0.2) is 19.7 Å². The summed E-state index contributed by atoms with van der Waals surface area (Å²) in [6.07, 6.45) is 1.64. The summed E-state index contributed by atoms with van der Waals surface area (Å²) in [5.41, 5.74) is 1.37. The van der Waals surface area contributed by atoms with Gasteiger partial charge in [-0.15, -0.1) is 0 Å². The molecule has 0 atom stereocenters. The molecule has 1 heterocycles. The van der Waals surface area contributed by atoms with Gasteiger partial charge in [0, 0.05) is 12.0 Å². The molecule has 0 aliphatic heterocycles. The van der Waals surface area contributed by atoms with E-state index in [-0.39, 0.29) is 6.61 Å². The number of hydrogen-bond acceptors (Lipinski definition) is 5. The molecule has 2 rings (SSSR count). The van der Waals surface area contributed by atoms with Crippen molar-refractivity contribution in [1.29, 1.82) is 0 Å². The minimum atomic E-state index is -3.48. The van der Waals surface area contributed by atoms with Gasteiger partial charge >= 0.3 is 0 Å². The molecular weight excluding hydrogens is 266 g/mol. The molecule has 0 amide bonds. The second kappa shape index (κ2) is 5.54. The maximum Gasteiger partial charge on any atom is 0.264 e. The lowest BCUT2D eigenvalue weighted by Crippen LogP contribution is -2.04. The molecule has 0 saturated heterocycles. The zero-order chi connectivity index (χ0) is 13.9. The minimum absolute atomic E-state index is 0.0989. The Morgan fingerprint density at radius 3 is 2.53 bits per heavy atom. The van der Waals surface area contributed by atoms with Gasteiger partial charge in [0.2, 0.25) is 5.89 Å². The van der Waals surface area contributed by atoms with E-state index in [2.05, 4.69) is 4.98 Å². The van der Waals surface area contributed by atoms with Crippen molar-refractivity contribution in [2.24, 2.45) is 0 Å². The van der Waals surface area contributed by atoms with E-state index in [0.717, 1.165) is 11.8 Å². The van der Waals surface area contributed by atoms with Crippen LogP contribution in [0.4, 0.5) is 0 Å². The number of aromatic nitrogens is 1. The van der Waals surface area contributed by atoms with Crippen molar-refractivity contribution < 1.29 is 17.0 Å². The highest BCUT2D eigenvalue weighted by atomic mass is 32.2. The maximum absolute atomic E-state index is 11.0. The van der Waals surface area contributed by atoms with E-state index in [1.807, 2.05) is 37.3 Å². The van der Waals surface area contributed by atoms with Gasteiger partial charge in [-0.2, -0.15) is 8.42 Å². The standard InChI is InChI=1S/C13H15NO4S/c1-3-12-11(9-17-19(2,15)16)14-13(18-12)10-7-5-4-6-8-10/h4-8H,3,9H2,1-2H3. The zero-order valence-electron chi connectivity index (χ0n) is 10.8. The number of aryl methyl sites for hydroxylation is 1. The monoisotopic (exact) mass is 281 g/mol. The van der Waals surface area contributed by atoms with Gasteiger partial charge in [0.25, 0.3) is 10.1 Å². The number of oxazole rings is 1. The molecular formula is C13H15NO4S. The zero-order valence-corrected chi connectivity index (χ0v) is 11.6. The summed E-state index contributed by atoms with van der Waals surface area (Å²) in [4.78, 5) is 4.30. The van der Waals surface area contributed by atoms with E-state index in [0.29, 0.717) is 23.8 Å². The molecule has 0 radical (unpaired) electrons. The molecule has 0 fully saturated rings. The number of nitrogens with zero attached hydrogens (tertiary/aromatic N) is 1. The van der Waals surface area contributed by atoms with Crippen molar-refractivity contribution in [2.75, 3.05) is 6.26 Å². The van der Waals surface area contributed by atoms with Crippen LogP contribution in [0.3, 0.4) is 0 Å². The van der Waals surface area contributed by atoms with Crippen molar-refractivity contribution >= 4 is 10.1 Å². The molecule has 102 valence electrons. The Kier molecular flexibility index (Phi) is 4.01. The largest absolute Gasteiger partial charge is 0.441 e. The Hall–Kier alpha value is -1.66. The summed E-state index contributed by atoms with van der Waals surface area (Å²) >= 11 is 0. The molecule has 2 aromatic rings. The Bertz CT molecular complexity index is 647. The molecule has 0 unspecified atom stereocenters. The van der Waals surface area contributed by atoms with Gasteiger partial charge in [-0.25, -0.2) is 4.98 Å². The second-order valence-corrected chi connectivity index (χ2v) is 5.72. The Labute approximate surface area is 112 Å². The van der Waals surface area contributed by atoms with Crippen LogP contribution in [0.2, 0.25) is 0 Å². The summed E-state index contributed by atoms with van der Waals surface area (Å²) in [7, 11) is -3.48. The molecule has 0 bridgehead atoms. The second-order valence-electron chi connectivity index (χ2n) is 4.07. The van der Waals surface area contributed by atoms with Crippen LogP contribution in [0, 0.1) is 0 Å². The third kappa shape index (κ3) is 3.65. The molecule has 1 aromatic heterocycles. The van der Waals surface area contributed by atoms with Crippen LogP contribution in [0.15, 0.2) is 34.7 Å². The van der Waals surface area contributed by atoms with Crippen molar-refractivity contribution in [1.82, 2.24) is 4.98 Å². The third-order valence-electron chi connectivity index (χ3n) is 2.53. The van der Waals surface area contributed by atoms with Gasteiger partial charge < -0.3 is 4.42 Å². The fourth-order valence-corrected chi connectivity index (χ4v) is 1.97. The van der Waals surface area contributed by atoms with Gasteiger partial charge in [0.1, 0.15) is 18.1 Å². The molecule has 6 heteroatoms. The number of benzene rings is 1. The van der Waals surface area contributed by atoms with Gasteiger partial charge in [0.15, 0.2) is 0 Å². The highest BCUT2D eigenvalue weighted by Crippen LogP contribution is 2.23. The molecule has 0 saturated carbocycles. The van der Waals surface area contributed by atoms with Crippen LogP contribution in [0.5, 0.6) is 0 Å². The van der Waals surface area contributed by atoms with Crippen molar-refractivity contribution in [3.63, 3.8) is 0 Å². The highest BCUT2D eigenvalue weighted by Gasteiger charge is 2.15. The van der Waals surface area contributed by atoms with Crippen LogP contribution in [0.25, 0.3) is 11.5 Å². The third-order valence-corrected chi connectivity index (χ3v) is 3.08. The SMILES string of the molecule is CCc1oc(-c2ccccc2)nc1COS(C)(=O)=O. The molecule has 0 aliphatic rings. The summed E-state index contributed by atoms with van der Waals surface area (Å²) < 4.78 is 32.4. The molecule has 1 aromatic carbocycles. The summed E-state index contributed by atoms with van der Waals surface area (Å²) in [5.74, 6) is 1.12. The lowest BCUT2D eigenvalue weighted by Gasteiger charge is -1.98. The van der Waals surface area contributed by atoms with Gasteiger partial charge in [-0.1, -0.05) is 25.1 Å². The first-order chi connectivity index (χ1) is 8.99. The maximum atomic E-state index is 11.0.